The van der Waals surface area contributed by atoms with Crippen molar-refractivity contribution in [2.24, 2.45) is 0 Å². The predicted octanol–water partition coefficient (Wildman–Crippen LogP) is 13.2. The van der Waals surface area contributed by atoms with E-state index in [1.165, 1.54) is 10.9 Å². The van der Waals surface area contributed by atoms with E-state index >= 15 is 0 Å². The number of furan rings is 2. The minimum atomic E-state index is 0.845. The second kappa shape index (κ2) is 10.3. The van der Waals surface area contributed by atoms with Crippen LogP contribution in [0.25, 0.3) is 76.5 Å². The van der Waals surface area contributed by atoms with Crippen LogP contribution in [0.4, 0.5) is 17.1 Å². The summed E-state index contributed by atoms with van der Waals surface area (Å²) >= 11 is 0. The fourth-order valence-electron chi connectivity index (χ4n) is 7.54. The molecule has 0 fully saturated rings. The third-order valence-electron chi connectivity index (χ3n) is 9.68. The maximum atomic E-state index is 6.95. The number of rotatable bonds is 4. The monoisotopic (exact) mass is 615 g/mol. The summed E-state index contributed by atoms with van der Waals surface area (Å²) < 4.78 is 13.8. The summed E-state index contributed by atoms with van der Waals surface area (Å²) in [5, 5.41) is 9.02. The molecule has 0 spiro atoms. The second-order valence-corrected chi connectivity index (χ2v) is 12.6. The van der Waals surface area contributed by atoms with Crippen molar-refractivity contribution in [3.63, 3.8) is 0 Å². The van der Waals surface area contributed by atoms with Gasteiger partial charge in [0, 0.05) is 49.6 Å². The lowest BCUT2D eigenvalue weighted by atomic mass is 9.99. The van der Waals surface area contributed by atoms with Gasteiger partial charge in [0.25, 0.3) is 0 Å². The molecule has 226 valence electrons. The molecular formula is C45H29NO2. The Bertz CT molecular complexity index is 2860. The van der Waals surface area contributed by atoms with E-state index in [2.05, 4.69) is 163 Å². The largest absolute Gasteiger partial charge is 0.455 e. The molecular weight excluding hydrogens is 587 g/mol. The quantitative estimate of drug-likeness (QED) is 0.197. The van der Waals surface area contributed by atoms with E-state index in [0.29, 0.717) is 0 Å². The van der Waals surface area contributed by atoms with Crippen LogP contribution in [0.3, 0.4) is 0 Å². The van der Waals surface area contributed by atoms with Crippen LogP contribution in [0.5, 0.6) is 0 Å². The summed E-state index contributed by atoms with van der Waals surface area (Å²) in [5.74, 6) is 0. The van der Waals surface area contributed by atoms with Crippen LogP contribution in [-0.4, -0.2) is 0 Å². The Balaban J connectivity index is 1.31. The van der Waals surface area contributed by atoms with E-state index in [-0.39, 0.29) is 0 Å². The lowest BCUT2D eigenvalue weighted by Gasteiger charge is -2.27. The lowest BCUT2D eigenvalue weighted by Crippen LogP contribution is -2.11. The molecule has 8 aromatic carbocycles. The highest BCUT2D eigenvalue weighted by Crippen LogP contribution is 2.48. The maximum absolute atomic E-state index is 6.95. The number of para-hydroxylation sites is 2. The molecule has 0 radical (unpaired) electrons. The van der Waals surface area contributed by atoms with Crippen molar-refractivity contribution in [1.29, 1.82) is 0 Å². The first-order valence-corrected chi connectivity index (χ1v) is 16.4. The topological polar surface area (TPSA) is 29.5 Å². The first-order chi connectivity index (χ1) is 23.7. The summed E-state index contributed by atoms with van der Waals surface area (Å²) in [6, 6.07) is 55.8. The first-order valence-electron chi connectivity index (χ1n) is 16.4. The number of aryl methyl sites for hydroxylation is 1. The summed E-state index contributed by atoms with van der Waals surface area (Å²) in [7, 11) is 0. The van der Waals surface area contributed by atoms with Crippen LogP contribution in [-0.2, 0) is 0 Å². The van der Waals surface area contributed by atoms with Gasteiger partial charge in [0.15, 0.2) is 5.58 Å². The third-order valence-corrected chi connectivity index (χ3v) is 9.68. The van der Waals surface area contributed by atoms with Crippen molar-refractivity contribution in [1.82, 2.24) is 0 Å². The summed E-state index contributed by atoms with van der Waals surface area (Å²) in [6.07, 6.45) is 0. The molecule has 3 nitrogen and oxygen atoms in total. The molecule has 10 rings (SSSR count). The Morgan fingerprint density at radius 3 is 2.00 bits per heavy atom. The van der Waals surface area contributed by atoms with E-state index in [0.717, 1.165) is 88.2 Å². The van der Waals surface area contributed by atoms with Gasteiger partial charge < -0.3 is 13.7 Å². The Morgan fingerprint density at radius 2 is 1.15 bits per heavy atom. The molecule has 0 bridgehead atoms. The molecule has 2 aromatic heterocycles. The molecule has 2 heterocycles. The van der Waals surface area contributed by atoms with E-state index in [9.17, 15) is 0 Å². The summed E-state index contributed by atoms with van der Waals surface area (Å²) in [4.78, 5) is 2.34. The zero-order valence-electron chi connectivity index (χ0n) is 26.3. The number of hydrogen-bond donors (Lipinski definition) is 0. The van der Waals surface area contributed by atoms with Crippen LogP contribution in [0.1, 0.15) is 5.56 Å². The molecule has 0 aliphatic heterocycles. The molecule has 10 aromatic rings. The second-order valence-electron chi connectivity index (χ2n) is 12.6. The Morgan fingerprint density at radius 1 is 0.438 bits per heavy atom. The lowest BCUT2D eigenvalue weighted by molar-refractivity contribution is 0.669. The number of fused-ring (bicyclic) bond motifs is 10. The van der Waals surface area contributed by atoms with E-state index < -0.39 is 0 Å². The Hall–Kier alpha value is -6.32. The van der Waals surface area contributed by atoms with Gasteiger partial charge in [-0.05, 0) is 53.1 Å². The molecule has 0 amide bonds. The summed E-state index contributed by atoms with van der Waals surface area (Å²) in [5.41, 5.74) is 9.96. The molecule has 0 N–H and O–H groups in total. The Kier molecular flexibility index (Phi) is 5.79. The van der Waals surface area contributed by atoms with Crippen molar-refractivity contribution in [2.75, 3.05) is 4.90 Å². The molecule has 0 saturated carbocycles. The van der Waals surface area contributed by atoms with Crippen LogP contribution in [0.15, 0.2) is 167 Å². The molecule has 0 unspecified atom stereocenters. The smallest absolute Gasteiger partial charge is 0.159 e. The van der Waals surface area contributed by atoms with Gasteiger partial charge in [0.2, 0.25) is 0 Å². The van der Waals surface area contributed by atoms with Crippen molar-refractivity contribution in [3.05, 3.63) is 163 Å². The van der Waals surface area contributed by atoms with Gasteiger partial charge in [-0.2, -0.15) is 0 Å². The van der Waals surface area contributed by atoms with Crippen LogP contribution in [0, 0.1) is 6.92 Å². The predicted molar refractivity (Wildman–Crippen MR) is 201 cm³/mol. The molecule has 0 saturated heterocycles. The van der Waals surface area contributed by atoms with Gasteiger partial charge in [-0.1, -0.05) is 127 Å². The van der Waals surface area contributed by atoms with Gasteiger partial charge >= 0.3 is 0 Å². The zero-order valence-corrected chi connectivity index (χ0v) is 26.3. The zero-order chi connectivity index (χ0) is 31.8. The van der Waals surface area contributed by atoms with Crippen molar-refractivity contribution in [2.45, 2.75) is 6.92 Å². The first kappa shape index (κ1) is 26.9. The number of benzene rings is 8. The Labute approximate surface area is 276 Å². The fourth-order valence-corrected chi connectivity index (χ4v) is 7.54. The standard InChI is InChI=1S/C45H29NO2/c1-28-12-9-16-31(26-28)46(39-23-11-22-37-36-21-10-20-33(43(36)48-45(37)39)29-13-3-2-4-14-29)40-27-41-42(35-19-8-7-18-34(35)40)38-25-24-30-15-5-6-17-32(30)44(38)47-41/h2-27H,1H3. The van der Waals surface area contributed by atoms with Crippen LogP contribution < -0.4 is 4.90 Å². The number of anilines is 3. The molecule has 0 aliphatic rings. The number of nitrogens with zero attached hydrogens (tertiary/aromatic N) is 1. The third kappa shape index (κ3) is 3.94. The average molecular weight is 616 g/mol. The minimum Gasteiger partial charge on any atom is -0.455 e. The highest BCUT2D eigenvalue weighted by atomic mass is 16.3. The maximum Gasteiger partial charge on any atom is 0.159 e. The van der Waals surface area contributed by atoms with E-state index in [4.69, 9.17) is 8.83 Å². The minimum absolute atomic E-state index is 0.845. The van der Waals surface area contributed by atoms with Gasteiger partial charge in [0.1, 0.15) is 16.7 Å². The van der Waals surface area contributed by atoms with Gasteiger partial charge in [-0.15, -0.1) is 0 Å². The number of hydrogen-bond acceptors (Lipinski definition) is 3. The van der Waals surface area contributed by atoms with Gasteiger partial charge in [0.05, 0.1) is 11.4 Å². The van der Waals surface area contributed by atoms with Crippen molar-refractivity contribution >= 4 is 82.5 Å². The molecule has 0 aliphatic carbocycles. The normalized spacial score (nSPS) is 11.9. The highest BCUT2D eigenvalue weighted by molar-refractivity contribution is 6.26. The molecule has 0 atom stereocenters. The molecule has 3 heteroatoms. The van der Waals surface area contributed by atoms with E-state index in [1.54, 1.807) is 0 Å². The highest BCUT2D eigenvalue weighted by Gasteiger charge is 2.24. The van der Waals surface area contributed by atoms with Gasteiger partial charge in [-0.25, -0.2) is 0 Å². The van der Waals surface area contributed by atoms with Crippen molar-refractivity contribution < 1.29 is 8.83 Å². The van der Waals surface area contributed by atoms with E-state index in [1.807, 2.05) is 6.07 Å². The fraction of sp³-hybridized carbons (Fsp3) is 0.0222. The molecule has 48 heavy (non-hydrogen) atoms. The van der Waals surface area contributed by atoms with Gasteiger partial charge in [-0.3, -0.25) is 0 Å². The average Bonchev–Trinajstić information content (AvgIpc) is 3.72. The van der Waals surface area contributed by atoms with Crippen molar-refractivity contribution in [3.8, 4) is 11.1 Å². The summed E-state index contributed by atoms with van der Waals surface area (Å²) in [6.45, 7) is 2.14. The van der Waals surface area contributed by atoms with Crippen LogP contribution in [0.2, 0.25) is 0 Å². The SMILES string of the molecule is Cc1cccc(N(c2cc3oc4c5ccccc5ccc4c3c3ccccc23)c2cccc3c2oc2c(-c4ccccc4)cccc23)c1. The van der Waals surface area contributed by atoms with Crippen LogP contribution >= 0.6 is 0 Å².